The Morgan fingerprint density at radius 2 is 0.273 bits per heavy atom. The smallest absolute Gasteiger partial charge is 0.0152 e. The fraction of sp³-hybridized carbons (Fsp3) is 0.455. The van der Waals surface area contributed by atoms with Crippen molar-refractivity contribution in [2.45, 2.75) is 346 Å². The van der Waals surface area contributed by atoms with Crippen LogP contribution in [-0.4, -0.2) is 0 Å². The average Bonchev–Trinajstić information content (AvgIpc) is 0.854. The third-order valence-electron chi connectivity index (χ3n) is 12.4. The van der Waals surface area contributed by atoms with Gasteiger partial charge in [-0.1, -0.05) is 547 Å². The van der Waals surface area contributed by atoms with E-state index in [0.29, 0.717) is 0 Å². The molecule has 0 N–H and O–H groups in total. The van der Waals surface area contributed by atoms with Crippen LogP contribution in [0.2, 0.25) is 0 Å². The van der Waals surface area contributed by atoms with Gasteiger partial charge in [-0.05, 0) is 153 Å². The Kier molecular flexibility index (Phi) is 150. The van der Waals surface area contributed by atoms with Gasteiger partial charge in [-0.25, -0.2) is 0 Å². The Bertz CT molecular complexity index is 3050. The van der Waals surface area contributed by atoms with E-state index in [1.165, 1.54) is 111 Å². The molecular weight excluding hydrogens is 1320 g/mol. The lowest BCUT2D eigenvalue weighted by Crippen LogP contribution is -1.85. The fourth-order valence-corrected chi connectivity index (χ4v) is 8.37. The van der Waals surface area contributed by atoms with Gasteiger partial charge in [0.1, 0.15) is 0 Å². The van der Waals surface area contributed by atoms with Gasteiger partial charge >= 0.3 is 0 Å². The molecule has 0 heterocycles. The van der Waals surface area contributed by atoms with Crippen molar-refractivity contribution in [3.63, 3.8) is 0 Å². The van der Waals surface area contributed by atoms with Crippen molar-refractivity contribution in [1.82, 2.24) is 0 Å². The van der Waals surface area contributed by atoms with E-state index in [0.717, 1.165) is 0 Å². The highest BCUT2D eigenvalue weighted by molar-refractivity contribution is 5.71. The molecule has 630 valence electrons. The molecule has 10 rings (SSSR count). The molecule has 0 aliphatic rings. The summed E-state index contributed by atoms with van der Waals surface area (Å²) in [5.74, 6) is 0. The van der Waals surface area contributed by atoms with Gasteiger partial charge in [0.2, 0.25) is 0 Å². The zero-order chi connectivity index (χ0) is 89.8. The SMILES string of the molecule is CC.CC.CC.CC.CC.CC.CC.CC.CC.CC.CC.CC.CC.CC.CC.CC.CC.CC.CC.CC.Cc1ccc(-c2cccc(C)c2)cc1.Cc1ccc(-c2ccccc2C)cc1.Cc1cccc(-c2ccccc2C)c1.Cc1cccc(-c2ccccc2C)c1.Cc1ccccc1-c1ccccc1C. The van der Waals surface area contributed by atoms with Crippen molar-refractivity contribution < 1.29 is 0 Å². The van der Waals surface area contributed by atoms with Crippen molar-refractivity contribution in [3.05, 3.63) is 298 Å². The molecule has 0 nitrogen and oxygen atoms in total. The van der Waals surface area contributed by atoms with Gasteiger partial charge in [0.25, 0.3) is 0 Å². The summed E-state index contributed by atoms with van der Waals surface area (Å²) < 4.78 is 0. The van der Waals surface area contributed by atoms with Gasteiger partial charge in [0.15, 0.2) is 0 Å². The van der Waals surface area contributed by atoms with Gasteiger partial charge in [-0.2, -0.15) is 0 Å². The molecule has 110 heavy (non-hydrogen) atoms. The summed E-state index contributed by atoms with van der Waals surface area (Å²) in [6.07, 6.45) is 0. The van der Waals surface area contributed by atoms with Gasteiger partial charge < -0.3 is 0 Å². The summed E-state index contributed by atoms with van der Waals surface area (Å²) in [5, 5.41) is 0. The van der Waals surface area contributed by atoms with Crippen LogP contribution in [0, 0.1) is 69.2 Å². The van der Waals surface area contributed by atoms with Crippen LogP contribution in [0.25, 0.3) is 55.6 Å². The van der Waals surface area contributed by atoms with Crippen LogP contribution >= 0.6 is 0 Å². The summed E-state index contributed by atoms with van der Waals surface area (Å²) >= 11 is 0. The summed E-state index contributed by atoms with van der Waals surface area (Å²) in [4.78, 5) is 0. The van der Waals surface area contributed by atoms with Gasteiger partial charge in [0.05, 0.1) is 0 Å². The number of hydrogen-bond donors (Lipinski definition) is 0. The van der Waals surface area contributed by atoms with Gasteiger partial charge in [-0.15, -0.1) is 0 Å². The van der Waals surface area contributed by atoms with E-state index in [1.807, 2.05) is 277 Å². The standard InChI is InChI=1S/5C14H14.20C2H6/c1-11-7-3-5-9-13(11)14-10-6-4-8-12(14)2;2*1-11-6-5-8-13(10-11)14-9-4-3-7-12(14)2;1-11-6-8-13(9-7-11)14-5-3-4-12(2)10-14;1-11-7-9-13(10-8-11)14-6-4-3-5-12(14)2;20*1-2/h5*3-10H,1-2H3;20*1-2H3. The molecule has 10 aromatic rings. The molecule has 0 unspecified atom stereocenters. The summed E-state index contributed by atoms with van der Waals surface area (Å²) in [7, 11) is 0. The maximum absolute atomic E-state index is 2.22. The first-order chi connectivity index (χ1) is 53.9. The highest BCUT2D eigenvalue weighted by atomic mass is 14.1. The molecule has 0 atom stereocenters. The summed E-state index contributed by atoms with van der Waals surface area (Å²) in [6, 6.07) is 85.6. The van der Waals surface area contributed by atoms with Crippen molar-refractivity contribution in [2.75, 3.05) is 0 Å². The first kappa shape index (κ1) is 138. The molecule has 0 saturated heterocycles. The Morgan fingerprint density at radius 1 is 0.109 bits per heavy atom. The second-order valence-corrected chi connectivity index (χ2v) is 18.4. The molecule has 0 saturated carbocycles. The average molecular weight is 1510 g/mol. The van der Waals surface area contributed by atoms with Crippen LogP contribution in [0.3, 0.4) is 0 Å². The minimum absolute atomic E-state index is 1.29. The van der Waals surface area contributed by atoms with Crippen molar-refractivity contribution in [2.24, 2.45) is 0 Å². The lowest BCUT2D eigenvalue weighted by atomic mass is 9.97. The second-order valence-electron chi connectivity index (χ2n) is 18.4. The molecule has 0 aliphatic heterocycles. The maximum atomic E-state index is 2.22. The second kappa shape index (κ2) is 120. The van der Waals surface area contributed by atoms with Gasteiger partial charge in [-0.3, -0.25) is 0 Å². The molecule has 0 fully saturated rings. The predicted octanol–water partition coefficient (Wildman–Crippen LogP) is 40.4. The lowest BCUT2D eigenvalue weighted by molar-refractivity contribution is 1.41. The molecule has 0 heteroatoms. The molecule has 0 aromatic heterocycles. The quantitative estimate of drug-likeness (QED) is 0.161. The van der Waals surface area contributed by atoms with Crippen LogP contribution < -0.4 is 0 Å². The third kappa shape index (κ3) is 71.8. The predicted molar refractivity (Wildman–Crippen MR) is 534 cm³/mol. The number of benzene rings is 10. The molecule has 0 aliphatic carbocycles. The van der Waals surface area contributed by atoms with E-state index in [-0.39, 0.29) is 0 Å². The normalized spacial score (nSPS) is 7.55. The monoisotopic (exact) mass is 1510 g/mol. The van der Waals surface area contributed by atoms with Crippen LogP contribution in [0.5, 0.6) is 0 Å². The third-order valence-corrected chi connectivity index (χ3v) is 12.4. The molecule has 0 radical (unpaired) electrons. The van der Waals surface area contributed by atoms with E-state index in [4.69, 9.17) is 0 Å². The van der Waals surface area contributed by atoms with Gasteiger partial charge in [0, 0.05) is 0 Å². The minimum atomic E-state index is 1.29. The topological polar surface area (TPSA) is 0 Å². The fourth-order valence-electron chi connectivity index (χ4n) is 8.37. The van der Waals surface area contributed by atoms with Crippen molar-refractivity contribution in [3.8, 4) is 55.6 Å². The van der Waals surface area contributed by atoms with Crippen LogP contribution in [0.15, 0.2) is 243 Å². The van der Waals surface area contributed by atoms with Crippen LogP contribution in [0.1, 0.15) is 333 Å². The van der Waals surface area contributed by atoms with Crippen molar-refractivity contribution >= 4 is 0 Å². The van der Waals surface area contributed by atoms with Crippen LogP contribution in [0.4, 0.5) is 0 Å². The number of aryl methyl sites for hydroxylation is 10. The number of hydrogen-bond acceptors (Lipinski definition) is 0. The van der Waals surface area contributed by atoms with Crippen LogP contribution in [-0.2, 0) is 0 Å². The van der Waals surface area contributed by atoms with E-state index >= 15 is 0 Å². The Hall–Kier alpha value is -7.80. The van der Waals surface area contributed by atoms with Crippen molar-refractivity contribution in [1.29, 1.82) is 0 Å². The Balaban J connectivity index is -0.0000000706. The number of rotatable bonds is 5. The zero-order valence-corrected chi connectivity index (χ0v) is 83.1. The van der Waals surface area contributed by atoms with E-state index in [2.05, 4.69) is 312 Å². The zero-order valence-electron chi connectivity index (χ0n) is 83.1. The highest BCUT2D eigenvalue weighted by Crippen LogP contribution is 2.28. The molecule has 0 bridgehead atoms. The first-order valence-electron chi connectivity index (χ1n) is 44.5. The molecular formula is C110H190. The Morgan fingerprint density at radius 3 is 0.473 bits per heavy atom. The highest BCUT2D eigenvalue weighted by Gasteiger charge is 2.04. The minimum Gasteiger partial charge on any atom is -0.0683 e. The molecule has 0 spiro atoms. The molecule has 0 amide bonds. The first-order valence-corrected chi connectivity index (χ1v) is 44.5. The maximum Gasteiger partial charge on any atom is -0.0152 e. The van der Waals surface area contributed by atoms with E-state index < -0.39 is 0 Å². The van der Waals surface area contributed by atoms with E-state index in [9.17, 15) is 0 Å². The van der Waals surface area contributed by atoms with E-state index in [1.54, 1.807) is 0 Å². The lowest BCUT2D eigenvalue weighted by Gasteiger charge is -2.08. The Labute approximate surface area is 695 Å². The molecule has 10 aromatic carbocycles. The summed E-state index contributed by atoms with van der Waals surface area (Å²) in [5.41, 5.74) is 26.4. The largest absolute Gasteiger partial charge is 0.0683 e. The summed E-state index contributed by atoms with van der Waals surface area (Å²) in [6.45, 7) is 101.